The summed E-state index contributed by atoms with van der Waals surface area (Å²) in [4.78, 5) is 0. The van der Waals surface area contributed by atoms with Crippen LogP contribution in [0.15, 0.2) is 34.8 Å². The van der Waals surface area contributed by atoms with E-state index < -0.39 is 0 Å². The van der Waals surface area contributed by atoms with E-state index in [-0.39, 0.29) is 0 Å². The second-order valence-corrected chi connectivity index (χ2v) is 8.10. The number of benzene rings is 2. The normalized spacial score (nSPS) is 16.5. The lowest BCUT2D eigenvalue weighted by atomic mass is 10.2. The lowest BCUT2D eigenvalue weighted by molar-refractivity contribution is 0.110. The summed E-state index contributed by atoms with van der Waals surface area (Å²) < 4.78 is 18.0. The van der Waals surface area contributed by atoms with Crippen molar-refractivity contribution < 1.29 is 14.2 Å². The molecule has 0 saturated carbocycles. The highest BCUT2D eigenvalue weighted by Crippen LogP contribution is 2.37. The van der Waals surface area contributed by atoms with Gasteiger partial charge in [-0.3, -0.25) is 0 Å². The van der Waals surface area contributed by atoms with Gasteiger partial charge in [-0.1, -0.05) is 29.3 Å². The molecule has 0 aromatic heterocycles. The second kappa shape index (κ2) is 9.99. The molecular weight excluding hydrogens is 453 g/mol. The predicted molar refractivity (Wildman–Crippen MR) is 112 cm³/mol. The van der Waals surface area contributed by atoms with E-state index in [1.54, 1.807) is 19.2 Å². The zero-order valence-corrected chi connectivity index (χ0v) is 18.2. The molecule has 4 nitrogen and oxygen atoms in total. The number of hydrogen-bond donors (Lipinski definition) is 1. The lowest BCUT2D eigenvalue weighted by Crippen LogP contribution is -2.25. The summed E-state index contributed by atoms with van der Waals surface area (Å²) in [5.41, 5.74) is 1.96. The molecule has 0 unspecified atom stereocenters. The van der Waals surface area contributed by atoms with Gasteiger partial charge in [0.05, 0.1) is 17.7 Å². The van der Waals surface area contributed by atoms with E-state index in [0.717, 1.165) is 48.1 Å². The Labute approximate surface area is 178 Å². The summed E-state index contributed by atoms with van der Waals surface area (Å²) >= 11 is 15.7. The van der Waals surface area contributed by atoms with Crippen molar-refractivity contribution in [3.63, 3.8) is 0 Å². The summed E-state index contributed by atoms with van der Waals surface area (Å²) in [6.45, 7) is 2.78. The number of rotatable bonds is 8. The van der Waals surface area contributed by atoms with E-state index in [9.17, 15) is 0 Å². The molecule has 27 heavy (non-hydrogen) atoms. The third kappa shape index (κ3) is 5.75. The Morgan fingerprint density at radius 2 is 2.11 bits per heavy atom. The van der Waals surface area contributed by atoms with Crippen LogP contribution in [0.25, 0.3) is 0 Å². The summed E-state index contributed by atoms with van der Waals surface area (Å²) in [7, 11) is 1.63. The van der Waals surface area contributed by atoms with Gasteiger partial charge in [0, 0.05) is 35.3 Å². The number of ether oxygens (including phenoxy) is 3. The van der Waals surface area contributed by atoms with Gasteiger partial charge >= 0.3 is 0 Å². The molecule has 2 aromatic rings. The minimum atomic E-state index is 0.321. The predicted octanol–water partition coefficient (Wildman–Crippen LogP) is 5.61. The Bertz CT molecular complexity index is 782. The van der Waals surface area contributed by atoms with Crippen LogP contribution in [-0.4, -0.2) is 26.4 Å². The first-order valence-corrected chi connectivity index (χ1v) is 10.4. The van der Waals surface area contributed by atoms with Gasteiger partial charge in [0.15, 0.2) is 11.5 Å². The number of nitrogens with one attached hydrogen (secondary N) is 1. The fraction of sp³-hybridized carbons (Fsp3) is 0.400. The molecule has 1 heterocycles. The highest BCUT2D eigenvalue weighted by Gasteiger charge is 2.16. The molecule has 146 valence electrons. The molecule has 1 N–H and O–H groups in total. The number of methoxy groups -OCH3 is 1. The Morgan fingerprint density at radius 1 is 1.26 bits per heavy atom. The van der Waals surface area contributed by atoms with Gasteiger partial charge < -0.3 is 19.5 Å². The molecule has 1 saturated heterocycles. The standard InChI is InChI=1S/C20H22BrCl2NO3/c1-25-19-8-13(10-24-11-16-3-2-6-26-16)7-17(21)20(19)27-12-14-4-5-15(22)9-18(14)23/h4-5,7-9,16,24H,2-3,6,10-12H2,1H3/t16-/m0/s1. The third-order valence-electron chi connectivity index (χ3n) is 4.40. The maximum absolute atomic E-state index is 6.22. The first-order valence-electron chi connectivity index (χ1n) is 8.82. The molecule has 1 atom stereocenters. The van der Waals surface area contributed by atoms with Gasteiger partial charge in [-0.25, -0.2) is 0 Å². The van der Waals surface area contributed by atoms with Gasteiger partial charge in [0.25, 0.3) is 0 Å². The highest BCUT2D eigenvalue weighted by molar-refractivity contribution is 9.10. The molecule has 0 aliphatic carbocycles. The first kappa shape index (κ1) is 20.7. The summed E-state index contributed by atoms with van der Waals surface area (Å²) in [5.74, 6) is 1.31. The van der Waals surface area contributed by atoms with E-state index in [0.29, 0.717) is 34.3 Å². The minimum absolute atomic E-state index is 0.321. The molecular formula is C20H22BrCl2NO3. The van der Waals surface area contributed by atoms with Crippen molar-refractivity contribution in [3.05, 3.63) is 56.0 Å². The van der Waals surface area contributed by atoms with Crippen LogP contribution < -0.4 is 14.8 Å². The van der Waals surface area contributed by atoms with Gasteiger partial charge in [0.1, 0.15) is 6.61 Å². The van der Waals surface area contributed by atoms with E-state index in [2.05, 4.69) is 21.2 Å². The Hall–Kier alpha value is -0.980. The number of halogens is 3. The maximum atomic E-state index is 6.22. The van der Waals surface area contributed by atoms with Gasteiger partial charge in [-0.2, -0.15) is 0 Å². The molecule has 1 aliphatic heterocycles. The van der Waals surface area contributed by atoms with Crippen LogP contribution >= 0.6 is 39.1 Å². The minimum Gasteiger partial charge on any atom is -0.493 e. The Kier molecular flexibility index (Phi) is 7.67. The molecule has 7 heteroatoms. The lowest BCUT2D eigenvalue weighted by Gasteiger charge is -2.16. The van der Waals surface area contributed by atoms with Crippen LogP contribution in [0.5, 0.6) is 11.5 Å². The smallest absolute Gasteiger partial charge is 0.175 e. The van der Waals surface area contributed by atoms with Crippen LogP contribution in [-0.2, 0) is 17.9 Å². The Morgan fingerprint density at radius 3 is 2.81 bits per heavy atom. The van der Waals surface area contributed by atoms with Crippen LogP contribution in [0.3, 0.4) is 0 Å². The first-order chi connectivity index (χ1) is 13.1. The molecule has 1 aliphatic rings. The average Bonchev–Trinajstić information content (AvgIpc) is 3.15. The monoisotopic (exact) mass is 473 g/mol. The van der Waals surface area contributed by atoms with E-state index in [1.807, 2.05) is 18.2 Å². The molecule has 0 spiro atoms. The van der Waals surface area contributed by atoms with Gasteiger partial charge in [-0.05, 0) is 58.6 Å². The van der Waals surface area contributed by atoms with Crippen LogP contribution in [0.1, 0.15) is 24.0 Å². The van der Waals surface area contributed by atoms with Crippen LogP contribution in [0.2, 0.25) is 10.0 Å². The van der Waals surface area contributed by atoms with Crippen molar-refractivity contribution in [2.75, 3.05) is 20.3 Å². The molecule has 2 aromatic carbocycles. The SMILES string of the molecule is COc1cc(CNC[C@@H]2CCCO2)cc(Br)c1OCc1ccc(Cl)cc1Cl. The third-order valence-corrected chi connectivity index (χ3v) is 5.58. The molecule has 0 amide bonds. The van der Waals surface area contributed by atoms with Crippen molar-refractivity contribution >= 4 is 39.1 Å². The fourth-order valence-corrected chi connectivity index (χ4v) is 4.05. The zero-order chi connectivity index (χ0) is 19.2. The topological polar surface area (TPSA) is 39.7 Å². The van der Waals surface area contributed by atoms with Crippen molar-refractivity contribution in [1.29, 1.82) is 0 Å². The average molecular weight is 475 g/mol. The van der Waals surface area contributed by atoms with Crippen molar-refractivity contribution in [2.45, 2.75) is 32.1 Å². The van der Waals surface area contributed by atoms with Crippen molar-refractivity contribution in [3.8, 4) is 11.5 Å². The summed E-state index contributed by atoms with van der Waals surface area (Å²) in [5, 5.41) is 4.62. The quantitative estimate of drug-likeness (QED) is 0.539. The van der Waals surface area contributed by atoms with E-state index in [4.69, 9.17) is 37.4 Å². The van der Waals surface area contributed by atoms with Crippen molar-refractivity contribution in [2.24, 2.45) is 0 Å². The second-order valence-electron chi connectivity index (χ2n) is 6.40. The molecule has 1 fully saturated rings. The van der Waals surface area contributed by atoms with E-state index >= 15 is 0 Å². The van der Waals surface area contributed by atoms with Gasteiger partial charge in [0.2, 0.25) is 0 Å². The zero-order valence-electron chi connectivity index (χ0n) is 15.1. The molecule has 3 rings (SSSR count). The van der Waals surface area contributed by atoms with Crippen LogP contribution in [0, 0.1) is 0 Å². The Balaban J connectivity index is 1.64. The molecule has 0 radical (unpaired) electrons. The highest BCUT2D eigenvalue weighted by atomic mass is 79.9. The van der Waals surface area contributed by atoms with E-state index in [1.165, 1.54) is 0 Å². The van der Waals surface area contributed by atoms with Gasteiger partial charge in [-0.15, -0.1) is 0 Å². The van der Waals surface area contributed by atoms with Crippen molar-refractivity contribution in [1.82, 2.24) is 5.32 Å². The largest absolute Gasteiger partial charge is 0.493 e. The van der Waals surface area contributed by atoms with Crippen LogP contribution in [0.4, 0.5) is 0 Å². The molecule has 0 bridgehead atoms. The summed E-state index contributed by atoms with van der Waals surface area (Å²) in [6, 6.07) is 9.36. The fourth-order valence-electron chi connectivity index (χ4n) is 2.99. The maximum Gasteiger partial charge on any atom is 0.175 e. The number of hydrogen-bond acceptors (Lipinski definition) is 4. The summed E-state index contributed by atoms with van der Waals surface area (Å²) in [6.07, 6.45) is 2.59.